The van der Waals surface area contributed by atoms with Gasteiger partial charge < -0.3 is 4.74 Å². The smallest absolute Gasteiger partial charge is 0.150 e. The van der Waals surface area contributed by atoms with Crippen molar-refractivity contribution in [2.75, 3.05) is 24.0 Å². The molecular formula is C13H23ClO3S. The highest BCUT2D eigenvalue weighted by Gasteiger charge is 2.50. The van der Waals surface area contributed by atoms with Gasteiger partial charge in [-0.05, 0) is 38.0 Å². The fourth-order valence-electron chi connectivity index (χ4n) is 3.01. The van der Waals surface area contributed by atoms with Crippen LogP contribution in [0.25, 0.3) is 0 Å². The van der Waals surface area contributed by atoms with Gasteiger partial charge in [-0.25, -0.2) is 8.42 Å². The van der Waals surface area contributed by atoms with Crippen LogP contribution >= 0.6 is 11.6 Å². The third-order valence-corrected chi connectivity index (χ3v) is 6.71. The molecule has 3 nitrogen and oxygen atoms in total. The second kappa shape index (κ2) is 5.68. The fraction of sp³-hybridized carbons (Fsp3) is 1.00. The van der Waals surface area contributed by atoms with Crippen LogP contribution in [-0.2, 0) is 14.6 Å². The summed E-state index contributed by atoms with van der Waals surface area (Å²) < 4.78 is 28.9. The molecule has 0 N–H and O–H groups in total. The summed E-state index contributed by atoms with van der Waals surface area (Å²) in [6, 6.07) is 0. The Labute approximate surface area is 115 Å². The van der Waals surface area contributed by atoms with Crippen molar-refractivity contribution in [1.29, 1.82) is 0 Å². The van der Waals surface area contributed by atoms with Crippen molar-refractivity contribution in [3.63, 3.8) is 0 Å². The Bertz CT molecular complexity index is 378. The summed E-state index contributed by atoms with van der Waals surface area (Å²) in [7, 11) is -2.85. The minimum Gasteiger partial charge on any atom is -0.377 e. The van der Waals surface area contributed by atoms with Gasteiger partial charge >= 0.3 is 0 Å². The Kier molecular flexibility index (Phi) is 4.61. The van der Waals surface area contributed by atoms with Crippen LogP contribution in [0, 0.1) is 11.3 Å². The Morgan fingerprint density at radius 2 is 2.11 bits per heavy atom. The lowest BCUT2D eigenvalue weighted by Crippen LogP contribution is -2.35. The SMILES string of the molecule is CCS(=O)(=O)CCCC1(CCl)CCOC1C1CC1. The number of halogens is 1. The molecule has 0 amide bonds. The van der Waals surface area contributed by atoms with Gasteiger partial charge in [-0.1, -0.05) is 6.92 Å². The number of ether oxygens (including phenoxy) is 1. The third kappa shape index (κ3) is 3.20. The van der Waals surface area contributed by atoms with Crippen LogP contribution < -0.4 is 0 Å². The molecule has 0 radical (unpaired) electrons. The summed E-state index contributed by atoms with van der Waals surface area (Å²) in [5.41, 5.74) is 0.0337. The van der Waals surface area contributed by atoms with Gasteiger partial charge in [-0.15, -0.1) is 11.6 Å². The second-order valence-corrected chi connectivity index (χ2v) is 8.45. The van der Waals surface area contributed by atoms with Crippen LogP contribution in [0.2, 0.25) is 0 Å². The van der Waals surface area contributed by atoms with E-state index in [1.807, 2.05) is 0 Å². The van der Waals surface area contributed by atoms with Crippen LogP contribution in [-0.4, -0.2) is 38.5 Å². The summed E-state index contributed by atoms with van der Waals surface area (Å²) in [5.74, 6) is 1.80. The first-order chi connectivity index (χ1) is 8.53. The van der Waals surface area contributed by atoms with Gasteiger partial charge in [-0.3, -0.25) is 0 Å². The molecule has 2 atom stereocenters. The van der Waals surface area contributed by atoms with E-state index in [2.05, 4.69) is 0 Å². The third-order valence-electron chi connectivity index (χ3n) is 4.39. The Hall–Kier alpha value is 0.200. The maximum absolute atomic E-state index is 11.5. The van der Waals surface area contributed by atoms with Gasteiger partial charge in [0.05, 0.1) is 11.9 Å². The van der Waals surface area contributed by atoms with Gasteiger partial charge in [0.15, 0.2) is 0 Å². The molecule has 1 aliphatic heterocycles. The normalized spacial score (nSPS) is 32.9. The number of sulfone groups is 1. The van der Waals surface area contributed by atoms with Crippen molar-refractivity contribution in [3.05, 3.63) is 0 Å². The van der Waals surface area contributed by atoms with Gasteiger partial charge in [0.1, 0.15) is 9.84 Å². The van der Waals surface area contributed by atoms with Crippen LogP contribution in [0.5, 0.6) is 0 Å². The summed E-state index contributed by atoms with van der Waals surface area (Å²) in [6.07, 6.45) is 5.36. The summed E-state index contributed by atoms with van der Waals surface area (Å²) in [4.78, 5) is 0. The minimum absolute atomic E-state index is 0.0337. The molecule has 5 heteroatoms. The Morgan fingerprint density at radius 3 is 2.67 bits per heavy atom. The standard InChI is InChI=1S/C13H23ClO3S/c1-2-18(15,16)9-3-6-13(10-14)7-8-17-12(13)11-4-5-11/h11-12H,2-10H2,1H3. The highest BCUT2D eigenvalue weighted by Crippen LogP contribution is 2.50. The zero-order valence-electron chi connectivity index (χ0n) is 11.0. The van der Waals surface area contributed by atoms with E-state index in [-0.39, 0.29) is 17.3 Å². The summed E-state index contributed by atoms with van der Waals surface area (Å²) >= 11 is 6.19. The van der Waals surface area contributed by atoms with Crippen LogP contribution in [0.4, 0.5) is 0 Å². The van der Waals surface area contributed by atoms with Crippen LogP contribution in [0.1, 0.15) is 39.0 Å². The maximum Gasteiger partial charge on any atom is 0.150 e. The van der Waals surface area contributed by atoms with E-state index < -0.39 is 9.84 Å². The maximum atomic E-state index is 11.5. The molecule has 18 heavy (non-hydrogen) atoms. The molecule has 1 aliphatic carbocycles. The van der Waals surface area contributed by atoms with E-state index in [9.17, 15) is 8.42 Å². The molecule has 0 aromatic heterocycles. The lowest BCUT2D eigenvalue weighted by atomic mass is 9.77. The fourth-order valence-corrected chi connectivity index (χ4v) is 4.30. The lowest BCUT2D eigenvalue weighted by Gasteiger charge is -2.32. The second-order valence-electron chi connectivity index (χ2n) is 5.71. The predicted molar refractivity (Wildman–Crippen MR) is 73.8 cm³/mol. The Morgan fingerprint density at radius 1 is 1.39 bits per heavy atom. The van der Waals surface area contributed by atoms with Crippen molar-refractivity contribution in [3.8, 4) is 0 Å². The van der Waals surface area contributed by atoms with Gasteiger partial charge in [0.25, 0.3) is 0 Å². The summed E-state index contributed by atoms with van der Waals surface area (Å²) in [6.45, 7) is 2.49. The minimum atomic E-state index is -2.85. The molecule has 1 saturated heterocycles. The predicted octanol–water partition coefficient (Wildman–Crippen LogP) is 2.63. The molecule has 0 spiro atoms. The highest BCUT2D eigenvalue weighted by atomic mass is 35.5. The molecule has 2 rings (SSSR count). The van der Waals surface area contributed by atoms with Crippen molar-refractivity contribution >= 4 is 21.4 Å². The molecule has 2 unspecified atom stereocenters. The molecule has 2 fully saturated rings. The number of alkyl halides is 1. The van der Waals surface area contributed by atoms with Gasteiger partial charge in [0, 0.05) is 23.7 Å². The van der Waals surface area contributed by atoms with Crippen molar-refractivity contribution in [2.24, 2.45) is 11.3 Å². The molecule has 106 valence electrons. The molecule has 0 aromatic rings. The first-order valence-corrected chi connectivity index (χ1v) is 9.26. The van der Waals surface area contributed by atoms with E-state index in [4.69, 9.17) is 16.3 Å². The summed E-state index contributed by atoms with van der Waals surface area (Å²) in [5, 5.41) is 0. The van der Waals surface area contributed by atoms with Crippen LogP contribution in [0.15, 0.2) is 0 Å². The molecule has 1 heterocycles. The van der Waals surface area contributed by atoms with E-state index in [0.29, 0.717) is 17.6 Å². The van der Waals surface area contributed by atoms with Gasteiger partial charge in [0.2, 0.25) is 0 Å². The molecule has 2 aliphatic rings. The zero-order valence-corrected chi connectivity index (χ0v) is 12.6. The van der Waals surface area contributed by atoms with Gasteiger partial charge in [-0.2, -0.15) is 0 Å². The van der Waals surface area contributed by atoms with Crippen molar-refractivity contribution in [1.82, 2.24) is 0 Å². The van der Waals surface area contributed by atoms with E-state index in [1.165, 1.54) is 12.8 Å². The largest absolute Gasteiger partial charge is 0.377 e. The number of rotatable bonds is 7. The van der Waals surface area contributed by atoms with Crippen molar-refractivity contribution in [2.45, 2.75) is 45.1 Å². The zero-order chi connectivity index (χ0) is 13.2. The van der Waals surface area contributed by atoms with Crippen molar-refractivity contribution < 1.29 is 13.2 Å². The van der Waals surface area contributed by atoms with E-state index >= 15 is 0 Å². The number of hydrogen-bond donors (Lipinski definition) is 0. The lowest BCUT2D eigenvalue weighted by molar-refractivity contribution is 0.0363. The number of hydrogen-bond acceptors (Lipinski definition) is 3. The quantitative estimate of drug-likeness (QED) is 0.678. The van der Waals surface area contributed by atoms with E-state index in [0.717, 1.165) is 25.9 Å². The molecular weight excluding hydrogens is 272 g/mol. The molecule has 0 bridgehead atoms. The monoisotopic (exact) mass is 294 g/mol. The van der Waals surface area contributed by atoms with E-state index in [1.54, 1.807) is 6.92 Å². The highest BCUT2D eigenvalue weighted by molar-refractivity contribution is 7.91. The average molecular weight is 295 g/mol. The average Bonchev–Trinajstić information content (AvgIpc) is 3.11. The van der Waals surface area contributed by atoms with Crippen LogP contribution in [0.3, 0.4) is 0 Å². The topological polar surface area (TPSA) is 43.4 Å². The molecule has 1 saturated carbocycles. The first kappa shape index (κ1) is 14.6. The Balaban J connectivity index is 1.92. The molecule has 0 aromatic carbocycles. The first-order valence-electron chi connectivity index (χ1n) is 6.91.